The average Bonchev–Trinajstić information content (AvgIpc) is 2.97. The van der Waals surface area contributed by atoms with Gasteiger partial charge in [-0.25, -0.2) is 4.98 Å². The Morgan fingerprint density at radius 3 is 2.04 bits per heavy atom. The summed E-state index contributed by atoms with van der Waals surface area (Å²) in [4.78, 5) is 4.84. The van der Waals surface area contributed by atoms with E-state index in [4.69, 9.17) is 9.40 Å². The molecule has 2 nitrogen and oxygen atoms in total. The molecule has 3 rings (SSSR count). The van der Waals surface area contributed by atoms with E-state index in [9.17, 15) is 0 Å². The van der Waals surface area contributed by atoms with E-state index in [1.54, 1.807) is 0 Å². The molecule has 1 heterocycles. The maximum Gasteiger partial charge on any atom is 0.227 e. The molecule has 0 bridgehead atoms. The number of rotatable bonds is 1. The molecule has 0 spiro atoms. The number of halogens is 1. The molecule has 120 valence electrons. The van der Waals surface area contributed by atoms with Crippen LogP contribution in [0.15, 0.2) is 15.0 Å². The molecule has 0 unspecified atom stereocenters. The average molecular weight is 372 g/mol. The van der Waals surface area contributed by atoms with Gasteiger partial charge >= 0.3 is 0 Å². The fourth-order valence-corrected chi connectivity index (χ4v) is 3.54. The minimum absolute atomic E-state index is 0.715. The van der Waals surface area contributed by atoms with Gasteiger partial charge in [0.15, 0.2) is 5.58 Å². The van der Waals surface area contributed by atoms with Crippen LogP contribution in [0.3, 0.4) is 0 Å². The molecular weight excluding hydrogens is 350 g/mol. The topological polar surface area (TPSA) is 26.0 Å². The summed E-state index contributed by atoms with van der Waals surface area (Å²) in [5, 5.41) is 0. The highest BCUT2D eigenvalue weighted by atomic mass is 79.9. The summed E-state index contributed by atoms with van der Waals surface area (Å²) in [5.41, 5.74) is 11.6. The maximum atomic E-state index is 6.21. The fraction of sp³-hybridized carbons (Fsp3) is 0.350. The van der Waals surface area contributed by atoms with Crippen molar-refractivity contribution in [3.8, 4) is 11.5 Å². The van der Waals surface area contributed by atoms with E-state index in [2.05, 4.69) is 70.5 Å². The minimum Gasteiger partial charge on any atom is -0.436 e. The van der Waals surface area contributed by atoms with Crippen molar-refractivity contribution in [2.24, 2.45) is 0 Å². The second-order valence-corrected chi connectivity index (χ2v) is 7.29. The Labute approximate surface area is 146 Å². The zero-order valence-corrected chi connectivity index (χ0v) is 16.4. The van der Waals surface area contributed by atoms with Crippen LogP contribution < -0.4 is 0 Å². The second kappa shape index (κ2) is 5.48. The van der Waals surface area contributed by atoms with Crippen molar-refractivity contribution in [3.05, 3.63) is 49.5 Å². The molecule has 0 fully saturated rings. The number of fused-ring (bicyclic) bond motifs is 1. The smallest absolute Gasteiger partial charge is 0.227 e. The molecule has 0 amide bonds. The van der Waals surface area contributed by atoms with E-state index in [1.807, 2.05) is 0 Å². The van der Waals surface area contributed by atoms with Crippen LogP contribution in [0.25, 0.3) is 22.6 Å². The predicted molar refractivity (Wildman–Crippen MR) is 100 cm³/mol. The van der Waals surface area contributed by atoms with Gasteiger partial charge in [0, 0.05) is 10.0 Å². The van der Waals surface area contributed by atoms with Gasteiger partial charge in [-0.3, -0.25) is 0 Å². The van der Waals surface area contributed by atoms with E-state index in [0.717, 1.165) is 21.1 Å². The SMILES string of the molecule is Cc1cc(-c2nc3c(C)c(C)c(C)c(C)c3o2)c(C)c(C)c1Br. The first-order valence-electron chi connectivity index (χ1n) is 7.87. The molecule has 1 aromatic heterocycles. The third kappa shape index (κ3) is 2.33. The van der Waals surface area contributed by atoms with Gasteiger partial charge in [-0.15, -0.1) is 0 Å². The number of hydrogen-bond acceptors (Lipinski definition) is 2. The Bertz CT molecular complexity index is 906. The first-order valence-corrected chi connectivity index (χ1v) is 8.66. The number of benzene rings is 2. The number of aromatic nitrogens is 1. The summed E-state index contributed by atoms with van der Waals surface area (Å²) < 4.78 is 7.37. The summed E-state index contributed by atoms with van der Waals surface area (Å²) in [6, 6.07) is 2.15. The van der Waals surface area contributed by atoms with Gasteiger partial charge in [0.25, 0.3) is 0 Å². The maximum absolute atomic E-state index is 6.21. The lowest BCUT2D eigenvalue weighted by Crippen LogP contribution is -1.93. The quantitative estimate of drug-likeness (QED) is 0.493. The highest BCUT2D eigenvalue weighted by molar-refractivity contribution is 9.10. The lowest BCUT2D eigenvalue weighted by molar-refractivity contribution is 0.616. The molecule has 2 aromatic carbocycles. The van der Waals surface area contributed by atoms with Gasteiger partial charge < -0.3 is 4.42 Å². The van der Waals surface area contributed by atoms with Gasteiger partial charge in [0.2, 0.25) is 5.89 Å². The van der Waals surface area contributed by atoms with Gasteiger partial charge in [0.1, 0.15) is 5.52 Å². The Morgan fingerprint density at radius 2 is 1.39 bits per heavy atom. The molecule has 0 saturated heterocycles. The van der Waals surface area contributed by atoms with Gasteiger partial charge in [0.05, 0.1) is 0 Å². The number of hydrogen-bond donors (Lipinski definition) is 0. The Hall–Kier alpha value is -1.61. The molecule has 3 aromatic rings. The summed E-state index contributed by atoms with van der Waals surface area (Å²) in [6.45, 7) is 14.9. The molecule has 0 radical (unpaired) electrons. The van der Waals surface area contributed by atoms with Gasteiger partial charge in [-0.05, 0) is 93.5 Å². The summed E-state index contributed by atoms with van der Waals surface area (Å²) in [6.07, 6.45) is 0. The second-order valence-electron chi connectivity index (χ2n) is 6.50. The minimum atomic E-state index is 0.715. The predicted octanol–water partition coefficient (Wildman–Crippen LogP) is 6.42. The number of aryl methyl sites for hydroxylation is 3. The van der Waals surface area contributed by atoms with Crippen LogP contribution >= 0.6 is 15.9 Å². The molecule has 0 aliphatic rings. The standard InChI is InChI=1S/C20H22BrNO/c1-9-8-16(12(4)13(5)17(9)21)20-22-18-14(6)10(2)11(3)15(7)19(18)23-20/h8H,1-7H3. The lowest BCUT2D eigenvalue weighted by atomic mass is 9.98. The summed E-state index contributed by atoms with van der Waals surface area (Å²) in [5.74, 6) is 0.715. The zero-order valence-electron chi connectivity index (χ0n) is 14.8. The van der Waals surface area contributed by atoms with Crippen LogP contribution in [0.5, 0.6) is 0 Å². The molecule has 3 heteroatoms. The van der Waals surface area contributed by atoms with Crippen LogP contribution in [-0.2, 0) is 0 Å². The monoisotopic (exact) mass is 371 g/mol. The van der Waals surface area contributed by atoms with E-state index in [1.165, 1.54) is 38.9 Å². The largest absolute Gasteiger partial charge is 0.436 e. The molecule has 0 aliphatic carbocycles. The third-order valence-electron chi connectivity index (χ3n) is 5.24. The Morgan fingerprint density at radius 1 is 0.783 bits per heavy atom. The van der Waals surface area contributed by atoms with Crippen LogP contribution in [0.1, 0.15) is 38.9 Å². The highest BCUT2D eigenvalue weighted by Gasteiger charge is 2.19. The van der Waals surface area contributed by atoms with Crippen molar-refractivity contribution in [3.63, 3.8) is 0 Å². The summed E-state index contributed by atoms with van der Waals surface area (Å²) in [7, 11) is 0. The molecular formula is C20H22BrNO. The van der Waals surface area contributed by atoms with Crippen LogP contribution in [0, 0.1) is 48.5 Å². The van der Waals surface area contributed by atoms with E-state index < -0.39 is 0 Å². The van der Waals surface area contributed by atoms with Crippen LogP contribution in [0.2, 0.25) is 0 Å². The molecule has 23 heavy (non-hydrogen) atoms. The molecule has 0 aliphatic heterocycles. The first-order chi connectivity index (χ1) is 10.7. The molecule has 0 atom stereocenters. The molecule has 0 saturated carbocycles. The van der Waals surface area contributed by atoms with Crippen molar-refractivity contribution in [2.45, 2.75) is 48.5 Å². The van der Waals surface area contributed by atoms with Crippen molar-refractivity contribution >= 4 is 27.0 Å². The van der Waals surface area contributed by atoms with E-state index in [0.29, 0.717) is 5.89 Å². The lowest BCUT2D eigenvalue weighted by Gasteiger charge is -2.10. The first kappa shape index (κ1) is 16.3. The van der Waals surface area contributed by atoms with Crippen molar-refractivity contribution in [1.82, 2.24) is 4.98 Å². The summed E-state index contributed by atoms with van der Waals surface area (Å²) >= 11 is 3.66. The van der Waals surface area contributed by atoms with Crippen molar-refractivity contribution in [2.75, 3.05) is 0 Å². The van der Waals surface area contributed by atoms with Crippen molar-refractivity contribution in [1.29, 1.82) is 0 Å². The highest BCUT2D eigenvalue weighted by Crippen LogP contribution is 2.36. The van der Waals surface area contributed by atoms with Gasteiger partial charge in [-0.1, -0.05) is 15.9 Å². The third-order valence-corrected chi connectivity index (χ3v) is 6.46. The Balaban J connectivity index is 2.36. The van der Waals surface area contributed by atoms with E-state index >= 15 is 0 Å². The van der Waals surface area contributed by atoms with Gasteiger partial charge in [-0.2, -0.15) is 0 Å². The van der Waals surface area contributed by atoms with Crippen LogP contribution in [-0.4, -0.2) is 4.98 Å². The molecule has 0 N–H and O–H groups in total. The normalized spacial score (nSPS) is 11.5. The zero-order chi connectivity index (χ0) is 17.0. The van der Waals surface area contributed by atoms with Crippen LogP contribution in [0.4, 0.5) is 0 Å². The fourth-order valence-electron chi connectivity index (χ4n) is 3.13. The number of nitrogens with zero attached hydrogens (tertiary/aromatic N) is 1. The van der Waals surface area contributed by atoms with E-state index in [-0.39, 0.29) is 0 Å². The van der Waals surface area contributed by atoms with Crippen molar-refractivity contribution < 1.29 is 4.42 Å². The Kier molecular flexibility index (Phi) is 3.88. The number of oxazole rings is 1.